The number of nitrogen functional groups attached to an aromatic ring is 1. The SMILES string of the molecule is Nc1cccc2c(Br)nc(C3CCNC3)n12. The normalized spacial score (nSPS) is 20.7. The lowest BCUT2D eigenvalue weighted by Crippen LogP contribution is -2.11. The number of aromatic nitrogens is 2. The third-order valence-electron chi connectivity index (χ3n) is 3.10. The first-order chi connectivity index (χ1) is 7.77. The molecule has 1 saturated heterocycles. The molecule has 1 aliphatic heterocycles. The maximum absolute atomic E-state index is 6.02. The molecule has 3 N–H and O–H groups in total. The molecule has 0 saturated carbocycles. The number of rotatable bonds is 1. The van der Waals surface area contributed by atoms with E-state index in [0.717, 1.165) is 41.3 Å². The van der Waals surface area contributed by atoms with Gasteiger partial charge in [0.25, 0.3) is 0 Å². The quantitative estimate of drug-likeness (QED) is 0.837. The summed E-state index contributed by atoms with van der Waals surface area (Å²) in [7, 11) is 0. The molecule has 0 aliphatic carbocycles. The molecule has 3 heterocycles. The van der Waals surface area contributed by atoms with Gasteiger partial charge in [-0.1, -0.05) is 6.07 Å². The highest BCUT2D eigenvalue weighted by atomic mass is 79.9. The van der Waals surface area contributed by atoms with E-state index in [1.807, 2.05) is 22.6 Å². The van der Waals surface area contributed by atoms with Crippen molar-refractivity contribution >= 4 is 27.3 Å². The minimum atomic E-state index is 0.462. The number of nitrogens with one attached hydrogen (secondary N) is 1. The van der Waals surface area contributed by atoms with Crippen molar-refractivity contribution in [1.82, 2.24) is 14.7 Å². The first-order valence-corrected chi connectivity index (χ1v) is 6.19. The van der Waals surface area contributed by atoms with Crippen LogP contribution in [-0.2, 0) is 0 Å². The van der Waals surface area contributed by atoms with Gasteiger partial charge in [0.05, 0.1) is 5.52 Å². The van der Waals surface area contributed by atoms with Crippen LogP contribution >= 0.6 is 15.9 Å². The minimum Gasteiger partial charge on any atom is -0.385 e. The third-order valence-corrected chi connectivity index (χ3v) is 3.68. The van der Waals surface area contributed by atoms with Gasteiger partial charge in [0.2, 0.25) is 0 Å². The molecule has 3 rings (SSSR count). The topological polar surface area (TPSA) is 55.3 Å². The van der Waals surface area contributed by atoms with Gasteiger partial charge in [-0.05, 0) is 41.0 Å². The summed E-state index contributed by atoms with van der Waals surface area (Å²) in [6.45, 7) is 2.05. The Morgan fingerprint density at radius 2 is 2.38 bits per heavy atom. The van der Waals surface area contributed by atoms with Crippen LogP contribution < -0.4 is 11.1 Å². The summed E-state index contributed by atoms with van der Waals surface area (Å²) >= 11 is 3.49. The van der Waals surface area contributed by atoms with Crippen LogP contribution in [0.1, 0.15) is 18.2 Å². The summed E-state index contributed by atoms with van der Waals surface area (Å²) in [6, 6.07) is 5.89. The van der Waals surface area contributed by atoms with Gasteiger partial charge in [0, 0.05) is 12.5 Å². The van der Waals surface area contributed by atoms with Crippen molar-refractivity contribution in [3.05, 3.63) is 28.6 Å². The first-order valence-electron chi connectivity index (χ1n) is 5.40. The van der Waals surface area contributed by atoms with Gasteiger partial charge < -0.3 is 11.1 Å². The second-order valence-electron chi connectivity index (χ2n) is 4.12. The molecule has 5 heteroatoms. The lowest BCUT2D eigenvalue weighted by Gasteiger charge is -2.09. The van der Waals surface area contributed by atoms with Gasteiger partial charge in [0.15, 0.2) is 0 Å². The Hall–Kier alpha value is -1.07. The Bertz CT molecular complexity index is 528. The summed E-state index contributed by atoms with van der Waals surface area (Å²) in [5.41, 5.74) is 7.06. The molecule has 1 aliphatic rings. The first kappa shape index (κ1) is 10.1. The molecule has 0 bridgehead atoms. The number of pyridine rings is 1. The molecule has 84 valence electrons. The lowest BCUT2D eigenvalue weighted by molar-refractivity contribution is 0.700. The number of hydrogen-bond donors (Lipinski definition) is 2. The van der Waals surface area contributed by atoms with Crippen LogP contribution in [0, 0.1) is 0 Å². The summed E-state index contributed by atoms with van der Waals surface area (Å²) in [5, 5.41) is 3.35. The predicted molar refractivity (Wildman–Crippen MR) is 67.5 cm³/mol. The van der Waals surface area contributed by atoms with E-state index in [9.17, 15) is 0 Å². The number of fused-ring (bicyclic) bond motifs is 1. The van der Waals surface area contributed by atoms with Crippen molar-refractivity contribution in [3.8, 4) is 0 Å². The van der Waals surface area contributed by atoms with E-state index >= 15 is 0 Å². The smallest absolute Gasteiger partial charge is 0.132 e. The Kier molecular flexibility index (Phi) is 2.37. The minimum absolute atomic E-state index is 0.462. The molecule has 0 spiro atoms. The van der Waals surface area contributed by atoms with Gasteiger partial charge in [-0.15, -0.1) is 0 Å². The van der Waals surface area contributed by atoms with E-state index in [4.69, 9.17) is 5.73 Å². The molecule has 0 aromatic carbocycles. The molecular weight excluding hydrogens is 268 g/mol. The molecule has 1 fully saturated rings. The van der Waals surface area contributed by atoms with Crippen LogP contribution in [0.5, 0.6) is 0 Å². The van der Waals surface area contributed by atoms with Gasteiger partial charge >= 0.3 is 0 Å². The van der Waals surface area contributed by atoms with Crippen molar-refractivity contribution in [2.45, 2.75) is 12.3 Å². The average Bonchev–Trinajstić information content (AvgIpc) is 2.87. The molecule has 4 nitrogen and oxygen atoms in total. The number of hydrogen-bond acceptors (Lipinski definition) is 3. The Morgan fingerprint density at radius 3 is 3.12 bits per heavy atom. The van der Waals surface area contributed by atoms with Crippen LogP contribution in [0.25, 0.3) is 5.52 Å². The summed E-state index contributed by atoms with van der Waals surface area (Å²) in [5.74, 6) is 2.27. The fourth-order valence-corrected chi connectivity index (χ4v) is 2.79. The summed E-state index contributed by atoms with van der Waals surface area (Å²) in [4.78, 5) is 4.59. The maximum Gasteiger partial charge on any atom is 0.132 e. The molecule has 0 radical (unpaired) electrons. The second-order valence-corrected chi connectivity index (χ2v) is 4.87. The predicted octanol–water partition coefficient (Wildman–Crippen LogP) is 1.76. The van der Waals surface area contributed by atoms with Gasteiger partial charge in [0.1, 0.15) is 16.2 Å². The number of halogens is 1. The second kappa shape index (κ2) is 3.75. The molecule has 1 atom stereocenters. The zero-order valence-corrected chi connectivity index (χ0v) is 10.4. The van der Waals surface area contributed by atoms with Crippen LogP contribution in [-0.4, -0.2) is 22.5 Å². The number of nitrogens with two attached hydrogens (primary N) is 1. The highest BCUT2D eigenvalue weighted by molar-refractivity contribution is 9.10. The monoisotopic (exact) mass is 280 g/mol. The number of nitrogens with zero attached hydrogens (tertiary/aromatic N) is 2. The third kappa shape index (κ3) is 1.43. The van der Waals surface area contributed by atoms with Crippen molar-refractivity contribution in [2.75, 3.05) is 18.8 Å². The van der Waals surface area contributed by atoms with Gasteiger partial charge in [-0.25, -0.2) is 4.98 Å². The summed E-state index contributed by atoms with van der Waals surface area (Å²) < 4.78 is 2.92. The van der Waals surface area contributed by atoms with Gasteiger partial charge in [-0.3, -0.25) is 4.40 Å². The van der Waals surface area contributed by atoms with Gasteiger partial charge in [-0.2, -0.15) is 0 Å². The van der Waals surface area contributed by atoms with E-state index in [0.29, 0.717) is 5.92 Å². The molecule has 1 unspecified atom stereocenters. The maximum atomic E-state index is 6.02. The highest BCUT2D eigenvalue weighted by Gasteiger charge is 2.23. The van der Waals surface area contributed by atoms with Crippen LogP contribution in [0.15, 0.2) is 22.8 Å². The lowest BCUT2D eigenvalue weighted by atomic mass is 10.1. The highest BCUT2D eigenvalue weighted by Crippen LogP contribution is 2.28. The van der Waals surface area contributed by atoms with E-state index in [1.165, 1.54) is 0 Å². The molecule has 2 aromatic heterocycles. The van der Waals surface area contributed by atoms with Crippen LogP contribution in [0.2, 0.25) is 0 Å². The Balaban J connectivity index is 2.24. The van der Waals surface area contributed by atoms with Crippen LogP contribution in [0.3, 0.4) is 0 Å². The number of imidazole rings is 1. The molecule has 16 heavy (non-hydrogen) atoms. The molecule has 2 aromatic rings. The Labute approximate surface area is 102 Å². The standard InChI is InChI=1S/C11H13BrN4/c12-10-8-2-1-3-9(13)16(8)11(15-10)7-4-5-14-6-7/h1-3,7,14H,4-6,13H2. The van der Waals surface area contributed by atoms with E-state index in [-0.39, 0.29) is 0 Å². The zero-order chi connectivity index (χ0) is 11.1. The Morgan fingerprint density at radius 1 is 1.50 bits per heavy atom. The molecule has 0 amide bonds. The molecular formula is C11H13BrN4. The van der Waals surface area contributed by atoms with Crippen molar-refractivity contribution in [3.63, 3.8) is 0 Å². The van der Waals surface area contributed by atoms with Crippen molar-refractivity contribution < 1.29 is 0 Å². The van der Waals surface area contributed by atoms with Crippen LogP contribution in [0.4, 0.5) is 5.82 Å². The fraction of sp³-hybridized carbons (Fsp3) is 0.364. The van der Waals surface area contributed by atoms with Crippen molar-refractivity contribution in [2.24, 2.45) is 0 Å². The summed E-state index contributed by atoms with van der Waals surface area (Å²) in [6.07, 6.45) is 1.12. The van der Waals surface area contributed by atoms with E-state index in [1.54, 1.807) is 0 Å². The van der Waals surface area contributed by atoms with E-state index < -0.39 is 0 Å². The zero-order valence-electron chi connectivity index (χ0n) is 8.78. The average molecular weight is 281 g/mol. The fourth-order valence-electron chi connectivity index (χ4n) is 2.30. The number of anilines is 1. The van der Waals surface area contributed by atoms with E-state index in [2.05, 4.69) is 26.2 Å². The largest absolute Gasteiger partial charge is 0.385 e. The van der Waals surface area contributed by atoms with Crippen molar-refractivity contribution in [1.29, 1.82) is 0 Å².